The van der Waals surface area contributed by atoms with Crippen molar-refractivity contribution in [2.45, 2.75) is 45.6 Å². The minimum absolute atomic E-state index is 0.155. The van der Waals surface area contributed by atoms with Crippen molar-refractivity contribution < 1.29 is 4.79 Å². The van der Waals surface area contributed by atoms with Crippen molar-refractivity contribution in [2.24, 2.45) is 11.8 Å². The summed E-state index contributed by atoms with van der Waals surface area (Å²) in [6, 6.07) is 5.79. The molecule has 0 bridgehead atoms. The second-order valence-electron chi connectivity index (χ2n) is 6.95. The van der Waals surface area contributed by atoms with Gasteiger partial charge in [0.25, 0.3) is 5.91 Å². The third-order valence-corrected chi connectivity index (χ3v) is 5.64. The van der Waals surface area contributed by atoms with E-state index < -0.39 is 0 Å². The van der Waals surface area contributed by atoms with E-state index in [2.05, 4.69) is 15.2 Å². The number of benzene rings is 1. The number of aromatic nitrogens is 3. The van der Waals surface area contributed by atoms with E-state index in [1.165, 1.54) is 32.1 Å². The fourth-order valence-corrected chi connectivity index (χ4v) is 4.31. The van der Waals surface area contributed by atoms with Gasteiger partial charge in [-0.1, -0.05) is 24.5 Å². The second kappa shape index (κ2) is 5.95. The normalized spacial score (nSPS) is 24.7. The number of amides is 1. The molecule has 122 valence electrons. The third-order valence-electron chi connectivity index (χ3n) is 5.64. The Kier molecular flexibility index (Phi) is 3.79. The number of hydrogen-bond acceptors (Lipinski definition) is 3. The molecule has 2 heterocycles. The first kappa shape index (κ1) is 14.7. The summed E-state index contributed by atoms with van der Waals surface area (Å²) in [5, 5.41) is 8.31. The lowest BCUT2D eigenvalue weighted by Crippen LogP contribution is -2.44. The average molecular weight is 312 g/mol. The van der Waals surface area contributed by atoms with E-state index in [1.54, 1.807) is 0 Å². The smallest absolute Gasteiger partial charge is 0.253 e. The average Bonchev–Trinajstić information content (AvgIpc) is 3.03. The predicted molar refractivity (Wildman–Crippen MR) is 89.2 cm³/mol. The highest BCUT2D eigenvalue weighted by Gasteiger charge is 2.33. The molecule has 1 saturated heterocycles. The fourth-order valence-electron chi connectivity index (χ4n) is 4.31. The van der Waals surface area contributed by atoms with Crippen molar-refractivity contribution >= 4 is 16.9 Å². The summed E-state index contributed by atoms with van der Waals surface area (Å²) in [5.41, 5.74) is 2.55. The monoisotopic (exact) mass is 312 g/mol. The van der Waals surface area contributed by atoms with Crippen molar-refractivity contribution in [2.75, 3.05) is 13.1 Å². The Bertz CT molecular complexity index is 723. The Morgan fingerprint density at radius 3 is 2.87 bits per heavy atom. The molecular weight excluding hydrogens is 288 g/mol. The summed E-state index contributed by atoms with van der Waals surface area (Å²) >= 11 is 0. The molecule has 5 nitrogen and oxygen atoms in total. The Hall–Kier alpha value is -1.91. The first-order valence-electron chi connectivity index (χ1n) is 8.89. The molecule has 1 aromatic heterocycles. The molecule has 5 heteroatoms. The van der Waals surface area contributed by atoms with Crippen LogP contribution in [-0.2, 0) is 6.54 Å². The number of hydrogen-bond donors (Lipinski definition) is 0. The lowest BCUT2D eigenvalue weighted by atomic mass is 9.75. The molecule has 2 aromatic rings. The molecule has 23 heavy (non-hydrogen) atoms. The molecule has 2 unspecified atom stereocenters. The lowest BCUT2D eigenvalue weighted by Gasteiger charge is -2.41. The molecule has 0 N–H and O–H groups in total. The van der Waals surface area contributed by atoms with Crippen LogP contribution in [0.2, 0.25) is 0 Å². The maximum absolute atomic E-state index is 12.9. The van der Waals surface area contributed by atoms with Crippen LogP contribution in [0.4, 0.5) is 0 Å². The second-order valence-corrected chi connectivity index (χ2v) is 6.95. The molecule has 1 aliphatic carbocycles. The molecule has 4 rings (SSSR count). The summed E-state index contributed by atoms with van der Waals surface area (Å²) < 4.78 is 1.86. The van der Waals surface area contributed by atoms with Gasteiger partial charge >= 0.3 is 0 Å². The van der Waals surface area contributed by atoms with Crippen molar-refractivity contribution in [3.63, 3.8) is 0 Å². The van der Waals surface area contributed by atoms with Crippen LogP contribution in [0.1, 0.15) is 49.4 Å². The fraction of sp³-hybridized carbons (Fsp3) is 0.611. The minimum Gasteiger partial charge on any atom is -0.338 e. The van der Waals surface area contributed by atoms with Gasteiger partial charge in [0.2, 0.25) is 0 Å². The van der Waals surface area contributed by atoms with Gasteiger partial charge in [0.05, 0.1) is 5.52 Å². The summed E-state index contributed by atoms with van der Waals surface area (Å²) in [4.78, 5) is 14.9. The maximum atomic E-state index is 12.9. The zero-order valence-corrected chi connectivity index (χ0v) is 13.7. The van der Waals surface area contributed by atoms with E-state index in [9.17, 15) is 4.79 Å². The Morgan fingerprint density at radius 1 is 1.22 bits per heavy atom. The minimum atomic E-state index is 0.155. The molecular formula is C18H24N4O. The SMILES string of the molecule is CCn1nnc2cc(C(=O)N3CCC4CCCCC4C3)ccc21. The summed E-state index contributed by atoms with van der Waals surface area (Å²) in [7, 11) is 0. The van der Waals surface area contributed by atoms with Gasteiger partial charge in [-0.3, -0.25) is 4.79 Å². The highest BCUT2D eigenvalue weighted by atomic mass is 16.2. The van der Waals surface area contributed by atoms with Gasteiger partial charge in [0.1, 0.15) is 5.52 Å². The molecule has 2 aliphatic rings. The highest BCUT2D eigenvalue weighted by Crippen LogP contribution is 2.36. The molecule has 1 aromatic carbocycles. The van der Waals surface area contributed by atoms with Gasteiger partial charge in [-0.05, 0) is 49.8 Å². The van der Waals surface area contributed by atoms with E-state index in [4.69, 9.17) is 0 Å². The number of carbonyl (C=O) groups is 1. The van der Waals surface area contributed by atoms with E-state index in [0.29, 0.717) is 5.92 Å². The van der Waals surface area contributed by atoms with Gasteiger partial charge in [-0.25, -0.2) is 4.68 Å². The molecule has 1 saturated carbocycles. The number of likely N-dealkylation sites (tertiary alicyclic amines) is 1. The number of fused-ring (bicyclic) bond motifs is 2. The van der Waals surface area contributed by atoms with E-state index in [1.807, 2.05) is 29.8 Å². The van der Waals surface area contributed by atoms with Crippen LogP contribution in [0.5, 0.6) is 0 Å². The highest BCUT2D eigenvalue weighted by molar-refractivity contribution is 5.97. The van der Waals surface area contributed by atoms with Crippen molar-refractivity contribution in [3.05, 3.63) is 23.8 Å². The van der Waals surface area contributed by atoms with Crippen molar-refractivity contribution in [1.29, 1.82) is 0 Å². The van der Waals surface area contributed by atoms with E-state index in [0.717, 1.165) is 42.1 Å². The van der Waals surface area contributed by atoms with Crippen LogP contribution in [-0.4, -0.2) is 38.9 Å². The third kappa shape index (κ3) is 2.62. The van der Waals surface area contributed by atoms with Crippen LogP contribution in [0, 0.1) is 11.8 Å². The number of nitrogens with zero attached hydrogens (tertiary/aromatic N) is 4. The first-order valence-corrected chi connectivity index (χ1v) is 8.89. The number of rotatable bonds is 2. The molecule has 1 aliphatic heterocycles. The Morgan fingerprint density at radius 2 is 2.04 bits per heavy atom. The zero-order chi connectivity index (χ0) is 15.8. The van der Waals surface area contributed by atoms with Crippen LogP contribution in [0.15, 0.2) is 18.2 Å². The first-order chi connectivity index (χ1) is 11.3. The number of piperidine rings is 1. The van der Waals surface area contributed by atoms with Crippen molar-refractivity contribution in [1.82, 2.24) is 19.9 Å². The lowest BCUT2D eigenvalue weighted by molar-refractivity contribution is 0.0521. The van der Waals surface area contributed by atoms with E-state index >= 15 is 0 Å². The summed E-state index contributed by atoms with van der Waals surface area (Å²) in [6.45, 7) is 4.67. The van der Waals surface area contributed by atoms with Crippen molar-refractivity contribution in [3.8, 4) is 0 Å². The van der Waals surface area contributed by atoms with Crippen LogP contribution in [0.3, 0.4) is 0 Å². The standard InChI is InChI=1S/C18H24N4O/c1-2-22-17-8-7-14(11-16(17)19-20-22)18(23)21-10-9-13-5-3-4-6-15(13)12-21/h7-8,11,13,15H,2-6,9-10,12H2,1H3. The Balaban J connectivity index is 1.54. The zero-order valence-electron chi connectivity index (χ0n) is 13.7. The molecule has 0 spiro atoms. The summed E-state index contributed by atoms with van der Waals surface area (Å²) in [6.07, 6.45) is 6.52. The van der Waals surface area contributed by atoms with Gasteiger partial charge in [0, 0.05) is 25.2 Å². The predicted octanol–water partition coefficient (Wildman–Crippen LogP) is 3.10. The number of carbonyl (C=O) groups excluding carboxylic acids is 1. The quantitative estimate of drug-likeness (QED) is 0.856. The summed E-state index contributed by atoms with van der Waals surface area (Å²) in [5.74, 6) is 1.72. The molecule has 2 atom stereocenters. The molecule has 1 amide bonds. The maximum Gasteiger partial charge on any atom is 0.253 e. The molecule has 0 radical (unpaired) electrons. The topological polar surface area (TPSA) is 51.0 Å². The van der Waals surface area contributed by atoms with Crippen LogP contribution >= 0.6 is 0 Å². The van der Waals surface area contributed by atoms with Gasteiger partial charge in [-0.15, -0.1) is 5.10 Å². The van der Waals surface area contributed by atoms with Gasteiger partial charge in [-0.2, -0.15) is 0 Å². The van der Waals surface area contributed by atoms with E-state index in [-0.39, 0.29) is 5.91 Å². The number of aryl methyl sites for hydroxylation is 1. The van der Waals surface area contributed by atoms with Gasteiger partial charge < -0.3 is 4.90 Å². The largest absolute Gasteiger partial charge is 0.338 e. The molecule has 2 fully saturated rings. The van der Waals surface area contributed by atoms with Gasteiger partial charge in [0.15, 0.2) is 0 Å². The van der Waals surface area contributed by atoms with Crippen LogP contribution < -0.4 is 0 Å². The Labute approximate surface area is 136 Å². The van der Waals surface area contributed by atoms with Crippen LogP contribution in [0.25, 0.3) is 11.0 Å².